The van der Waals surface area contributed by atoms with Crippen molar-refractivity contribution in [3.05, 3.63) is 33.9 Å². The predicted molar refractivity (Wildman–Crippen MR) is 70.4 cm³/mol. The first-order valence-electron chi connectivity index (χ1n) is 6.08. The number of hydrogen-bond donors (Lipinski definition) is 0. The molecule has 0 N–H and O–H groups in total. The van der Waals surface area contributed by atoms with Crippen LogP contribution in [-0.2, 0) is 10.0 Å². The molecule has 0 radical (unpaired) electrons. The molecule has 0 saturated carbocycles. The van der Waals surface area contributed by atoms with Crippen LogP contribution in [0.3, 0.4) is 0 Å². The SMILES string of the molecule is Cc1c([N+](=O)[O-])cccc1S(=O)(=O)N1CC[C@@H](C)C1. The van der Waals surface area contributed by atoms with Crippen LogP contribution in [0.5, 0.6) is 0 Å². The maximum Gasteiger partial charge on any atom is 0.273 e. The van der Waals surface area contributed by atoms with Crippen molar-refractivity contribution in [2.75, 3.05) is 13.1 Å². The maximum absolute atomic E-state index is 12.5. The standard InChI is InChI=1S/C12H16N2O4S/c1-9-6-7-13(8-9)19(17,18)12-5-3-4-11(10(12)2)14(15)16/h3-5,9H,6-8H2,1-2H3/t9-/m1/s1. The molecule has 1 fully saturated rings. The Labute approximate surface area is 112 Å². The van der Waals surface area contributed by atoms with E-state index in [0.29, 0.717) is 19.0 Å². The fourth-order valence-electron chi connectivity index (χ4n) is 2.33. The fourth-order valence-corrected chi connectivity index (χ4v) is 4.15. The average molecular weight is 284 g/mol. The molecular weight excluding hydrogens is 268 g/mol. The largest absolute Gasteiger partial charge is 0.273 e. The van der Waals surface area contributed by atoms with Crippen LogP contribution in [0.1, 0.15) is 18.9 Å². The number of rotatable bonds is 3. The number of nitro groups is 1. The molecule has 1 aromatic rings. The average Bonchev–Trinajstić information content (AvgIpc) is 2.76. The highest BCUT2D eigenvalue weighted by atomic mass is 32.2. The molecule has 7 heteroatoms. The summed E-state index contributed by atoms with van der Waals surface area (Å²) in [5, 5.41) is 10.9. The summed E-state index contributed by atoms with van der Waals surface area (Å²) in [6.07, 6.45) is 0.827. The first-order chi connectivity index (χ1) is 8.84. The summed E-state index contributed by atoms with van der Waals surface area (Å²) in [5.74, 6) is 0.328. The minimum Gasteiger partial charge on any atom is -0.258 e. The predicted octanol–water partition coefficient (Wildman–Crippen LogP) is 1.93. The van der Waals surface area contributed by atoms with Crippen molar-refractivity contribution in [2.45, 2.75) is 25.2 Å². The molecule has 1 atom stereocenters. The lowest BCUT2D eigenvalue weighted by Gasteiger charge is -2.17. The fraction of sp³-hybridized carbons (Fsp3) is 0.500. The summed E-state index contributed by atoms with van der Waals surface area (Å²) >= 11 is 0. The van der Waals surface area contributed by atoms with Gasteiger partial charge in [-0.25, -0.2) is 8.42 Å². The Morgan fingerprint density at radius 3 is 2.63 bits per heavy atom. The summed E-state index contributed by atoms with van der Waals surface area (Å²) < 4.78 is 26.4. The van der Waals surface area contributed by atoms with Gasteiger partial charge in [-0.2, -0.15) is 4.31 Å². The lowest BCUT2D eigenvalue weighted by Crippen LogP contribution is -2.29. The molecular formula is C12H16N2O4S. The zero-order valence-corrected chi connectivity index (χ0v) is 11.7. The Hall–Kier alpha value is -1.47. The second-order valence-electron chi connectivity index (χ2n) is 4.91. The van der Waals surface area contributed by atoms with Gasteiger partial charge < -0.3 is 0 Å². The minimum absolute atomic E-state index is 0.0378. The molecule has 2 rings (SSSR count). The van der Waals surface area contributed by atoms with Gasteiger partial charge in [0, 0.05) is 24.7 Å². The molecule has 1 saturated heterocycles. The molecule has 0 aromatic heterocycles. The second kappa shape index (κ2) is 4.90. The third-order valence-corrected chi connectivity index (χ3v) is 5.47. The number of benzene rings is 1. The van der Waals surface area contributed by atoms with Crippen molar-refractivity contribution in [1.82, 2.24) is 4.31 Å². The molecule has 0 amide bonds. The maximum atomic E-state index is 12.5. The Morgan fingerprint density at radius 1 is 1.42 bits per heavy atom. The van der Waals surface area contributed by atoms with E-state index in [9.17, 15) is 18.5 Å². The highest BCUT2D eigenvalue weighted by molar-refractivity contribution is 7.89. The summed E-state index contributed by atoms with van der Waals surface area (Å²) in [6, 6.07) is 4.17. The van der Waals surface area contributed by atoms with Crippen molar-refractivity contribution < 1.29 is 13.3 Å². The van der Waals surface area contributed by atoms with Gasteiger partial charge in [-0.3, -0.25) is 10.1 Å². The van der Waals surface area contributed by atoms with Gasteiger partial charge in [-0.15, -0.1) is 0 Å². The third-order valence-electron chi connectivity index (χ3n) is 3.46. The Balaban J connectivity index is 2.47. The van der Waals surface area contributed by atoms with Crippen LogP contribution < -0.4 is 0 Å². The molecule has 1 aromatic carbocycles. The second-order valence-corrected chi connectivity index (χ2v) is 6.82. The van der Waals surface area contributed by atoms with Crippen LogP contribution >= 0.6 is 0 Å². The molecule has 1 aliphatic heterocycles. The highest BCUT2D eigenvalue weighted by Crippen LogP contribution is 2.29. The van der Waals surface area contributed by atoms with E-state index < -0.39 is 14.9 Å². The molecule has 1 aliphatic rings. The number of hydrogen-bond acceptors (Lipinski definition) is 4. The van der Waals surface area contributed by atoms with Crippen LogP contribution in [0, 0.1) is 23.0 Å². The van der Waals surface area contributed by atoms with E-state index in [4.69, 9.17) is 0 Å². The van der Waals surface area contributed by atoms with E-state index in [1.807, 2.05) is 6.92 Å². The summed E-state index contributed by atoms with van der Waals surface area (Å²) in [7, 11) is -3.63. The summed E-state index contributed by atoms with van der Waals surface area (Å²) in [4.78, 5) is 10.4. The van der Waals surface area contributed by atoms with Crippen LogP contribution in [0.2, 0.25) is 0 Å². The van der Waals surface area contributed by atoms with E-state index in [1.54, 1.807) is 0 Å². The van der Waals surface area contributed by atoms with Crippen LogP contribution in [-0.4, -0.2) is 30.7 Å². The van der Waals surface area contributed by atoms with Crippen molar-refractivity contribution in [3.8, 4) is 0 Å². The van der Waals surface area contributed by atoms with Gasteiger partial charge in [-0.1, -0.05) is 13.0 Å². The van der Waals surface area contributed by atoms with Crippen LogP contribution in [0.15, 0.2) is 23.1 Å². The van der Waals surface area contributed by atoms with E-state index in [-0.39, 0.29) is 16.1 Å². The highest BCUT2D eigenvalue weighted by Gasteiger charge is 2.33. The first-order valence-corrected chi connectivity index (χ1v) is 7.52. The van der Waals surface area contributed by atoms with Crippen molar-refractivity contribution in [1.29, 1.82) is 0 Å². The number of nitro benzene ring substituents is 1. The van der Waals surface area contributed by atoms with Gasteiger partial charge in [0.2, 0.25) is 10.0 Å². The topological polar surface area (TPSA) is 80.5 Å². The number of sulfonamides is 1. The van der Waals surface area contributed by atoms with Crippen LogP contribution in [0.4, 0.5) is 5.69 Å². The Bertz CT molecular complexity index is 612. The third kappa shape index (κ3) is 2.48. The van der Waals surface area contributed by atoms with Gasteiger partial charge in [0.25, 0.3) is 5.69 Å². The Morgan fingerprint density at radius 2 is 2.11 bits per heavy atom. The monoisotopic (exact) mass is 284 g/mol. The normalized spacial score (nSPS) is 20.6. The first kappa shape index (κ1) is 14.0. The molecule has 1 heterocycles. The van der Waals surface area contributed by atoms with Crippen molar-refractivity contribution >= 4 is 15.7 Å². The van der Waals surface area contributed by atoms with Gasteiger partial charge in [0.15, 0.2) is 0 Å². The molecule has 0 aliphatic carbocycles. The molecule has 0 unspecified atom stereocenters. The Kier molecular flexibility index (Phi) is 3.60. The quantitative estimate of drug-likeness (QED) is 0.627. The minimum atomic E-state index is -3.63. The van der Waals surface area contributed by atoms with Gasteiger partial charge in [0.05, 0.1) is 9.82 Å². The lowest BCUT2D eigenvalue weighted by atomic mass is 10.2. The van der Waals surface area contributed by atoms with E-state index in [0.717, 1.165) is 6.42 Å². The summed E-state index contributed by atoms with van der Waals surface area (Å²) in [6.45, 7) is 4.43. The molecule has 0 bridgehead atoms. The molecule has 6 nitrogen and oxygen atoms in total. The van der Waals surface area contributed by atoms with E-state index in [2.05, 4.69) is 0 Å². The zero-order chi connectivity index (χ0) is 14.2. The van der Waals surface area contributed by atoms with Crippen LogP contribution in [0.25, 0.3) is 0 Å². The van der Waals surface area contributed by atoms with Gasteiger partial charge >= 0.3 is 0 Å². The van der Waals surface area contributed by atoms with Crippen molar-refractivity contribution in [3.63, 3.8) is 0 Å². The molecule has 19 heavy (non-hydrogen) atoms. The lowest BCUT2D eigenvalue weighted by molar-refractivity contribution is -0.385. The molecule has 0 spiro atoms. The smallest absolute Gasteiger partial charge is 0.258 e. The van der Waals surface area contributed by atoms with E-state index >= 15 is 0 Å². The van der Waals surface area contributed by atoms with Crippen molar-refractivity contribution in [2.24, 2.45) is 5.92 Å². The van der Waals surface area contributed by atoms with E-state index in [1.165, 1.54) is 29.4 Å². The number of nitrogens with zero attached hydrogens (tertiary/aromatic N) is 2. The zero-order valence-electron chi connectivity index (χ0n) is 10.9. The summed E-state index contributed by atoms with van der Waals surface area (Å²) in [5.41, 5.74) is 0.0420. The van der Waals surface area contributed by atoms with Gasteiger partial charge in [-0.05, 0) is 25.3 Å². The molecule has 104 valence electrons. The van der Waals surface area contributed by atoms with Gasteiger partial charge in [0.1, 0.15) is 0 Å².